The van der Waals surface area contributed by atoms with Gasteiger partial charge in [0.05, 0.1) is 0 Å². The molecule has 2 aliphatic rings. The van der Waals surface area contributed by atoms with Gasteiger partial charge in [-0.1, -0.05) is 28.9 Å². The third kappa shape index (κ3) is 2.30. The second-order valence-corrected chi connectivity index (χ2v) is 6.45. The van der Waals surface area contributed by atoms with Crippen molar-refractivity contribution in [1.82, 2.24) is 5.32 Å². The van der Waals surface area contributed by atoms with Crippen molar-refractivity contribution >= 4 is 21.6 Å². The summed E-state index contributed by atoms with van der Waals surface area (Å²) in [6, 6.07) is 7.51. The number of piperidine rings is 1. The second kappa shape index (κ2) is 5.22. The lowest BCUT2D eigenvalue weighted by Crippen LogP contribution is -2.33. The van der Waals surface area contributed by atoms with Gasteiger partial charge in [0, 0.05) is 29.3 Å². The molecule has 2 bridgehead atoms. The average molecular weight is 309 g/mol. The van der Waals surface area contributed by atoms with E-state index in [9.17, 15) is 0 Å². The molecule has 98 valence electrons. The molecule has 18 heavy (non-hydrogen) atoms. The molecular weight excluding hydrogens is 288 g/mol. The standard InChI is InChI=1S/C15H21BrN2/c1-2-17-9-12-4-5-13(16)8-15(12)18-10-11-3-6-14(18)7-11/h4-5,8,11,14,17H,2-3,6-7,9-10H2,1H3. The first-order valence-corrected chi connectivity index (χ1v) is 7.83. The summed E-state index contributed by atoms with van der Waals surface area (Å²) in [5.41, 5.74) is 2.88. The van der Waals surface area contributed by atoms with Crippen molar-refractivity contribution in [3.05, 3.63) is 28.2 Å². The highest BCUT2D eigenvalue weighted by Gasteiger charge is 2.38. The van der Waals surface area contributed by atoms with Gasteiger partial charge < -0.3 is 10.2 Å². The Hall–Kier alpha value is -0.540. The molecule has 2 atom stereocenters. The topological polar surface area (TPSA) is 15.3 Å². The monoisotopic (exact) mass is 308 g/mol. The van der Waals surface area contributed by atoms with Gasteiger partial charge >= 0.3 is 0 Å². The van der Waals surface area contributed by atoms with Crippen molar-refractivity contribution in [2.24, 2.45) is 5.92 Å². The van der Waals surface area contributed by atoms with Crippen LogP contribution in [-0.2, 0) is 6.54 Å². The van der Waals surface area contributed by atoms with Crippen molar-refractivity contribution in [1.29, 1.82) is 0 Å². The average Bonchev–Trinajstić information content (AvgIpc) is 2.99. The molecule has 1 aromatic rings. The lowest BCUT2D eigenvalue weighted by Gasteiger charge is -2.31. The molecule has 0 aromatic heterocycles. The molecular formula is C15H21BrN2. The summed E-state index contributed by atoms with van der Waals surface area (Å²) in [5, 5.41) is 3.45. The highest BCUT2D eigenvalue weighted by molar-refractivity contribution is 9.10. The van der Waals surface area contributed by atoms with Crippen LogP contribution in [0.4, 0.5) is 5.69 Å². The van der Waals surface area contributed by atoms with E-state index in [-0.39, 0.29) is 0 Å². The number of benzene rings is 1. The Morgan fingerprint density at radius 1 is 1.39 bits per heavy atom. The maximum atomic E-state index is 3.62. The van der Waals surface area contributed by atoms with Crippen LogP contribution in [0.2, 0.25) is 0 Å². The minimum Gasteiger partial charge on any atom is -0.368 e. The number of anilines is 1. The number of nitrogens with one attached hydrogen (secondary N) is 1. The molecule has 1 aromatic carbocycles. The first-order chi connectivity index (χ1) is 8.78. The van der Waals surface area contributed by atoms with Crippen LogP contribution in [0.25, 0.3) is 0 Å². The van der Waals surface area contributed by atoms with Crippen LogP contribution < -0.4 is 10.2 Å². The van der Waals surface area contributed by atoms with Gasteiger partial charge in [-0.25, -0.2) is 0 Å². The summed E-state index contributed by atoms with van der Waals surface area (Å²) >= 11 is 3.62. The van der Waals surface area contributed by atoms with E-state index in [2.05, 4.69) is 51.3 Å². The summed E-state index contributed by atoms with van der Waals surface area (Å²) in [6.07, 6.45) is 4.24. The summed E-state index contributed by atoms with van der Waals surface area (Å²) < 4.78 is 1.19. The predicted molar refractivity (Wildman–Crippen MR) is 80.0 cm³/mol. The molecule has 2 unspecified atom stereocenters. The minimum atomic E-state index is 0.796. The van der Waals surface area contributed by atoms with E-state index in [1.807, 2.05) is 0 Å². The van der Waals surface area contributed by atoms with Crippen LogP contribution in [0.15, 0.2) is 22.7 Å². The van der Waals surface area contributed by atoms with Crippen molar-refractivity contribution in [3.63, 3.8) is 0 Å². The van der Waals surface area contributed by atoms with Crippen LogP contribution in [-0.4, -0.2) is 19.1 Å². The molecule has 2 nitrogen and oxygen atoms in total. The van der Waals surface area contributed by atoms with E-state index < -0.39 is 0 Å². The lowest BCUT2D eigenvalue weighted by atomic mass is 10.1. The Bertz CT molecular complexity index is 433. The molecule has 0 amide bonds. The van der Waals surface area contributed by atoms with Gasteiger partial charge in [-0.05, 0) is 49.4 Å². The quantitative estimate of drug-likeness (QED) is 0.915. The summed E-state index contributed by atoms with van der Waals surface area (Å²) in [7, 11) is 0. The zero-order chi connectivity index (χ0) is 12.5. The normalized spacial score (nSPS) is 26.0. The first-order valence-electron chi connectivity index (χ1n) is 7.03. The molecule has 1 saturated heterocycles. The van der Waals surface area contributed by atoms with Gasteiger partial charge in [-0.15, -0.1) is 0 Å². The van der Waals surface area contributed by atoms with E-state index >= 15 is 0 Å². The Morgan fingerprint density at radius 3 is 2.94 bits per heavy atom. The minimum absolute atomic E-state index is 0.796. The fourth-order valence-corrected chi connectivity index (χ4v) is 3.78. The summed E-state index contributed by atoms with van der Waals surface area (Å²) in [4.78, 5) is 2.64. The number of hydrogen-bond donors (Lipinski definition) is 1. The molecule has 3 rings (SSSR count). The Labute approximate surface area is 118 Å². The van der Waals surface area contributed by atoms with Crippen molar-refractivity contribution < 1.29 is 0 Å². The number of rotatable bonds is 4. The highest BCUT2D eigenvalue weighted by Crippen LogP contribution is 2.41. The SMILES string of the molecule is CCNCc1ccc(Br)cc1N1CC2CCC1C2. The third-order valence-corrected chi connectivity index (χ3v) is 4.82. The first kappa shape index (κ1) is 12.5. The van der Waals surface area contributed by atoms with E-state index in [0.29, 0.717) is 0 Å². The van der Waals surface area contributed by atoms with Gasteiger partial charge in [0.15, 0.2) is 0 Å². The summed E-state index contributed by atoms with van der Waals surface area (Å²) in [6.45, 7) is 5.44. The molecule has 1 heterocycles. The molecule has 1 aliphatic carbocycles. The van der Waals surface area contributed by atoms with E-state index in [1.165, 1.54) is 41.5 Å². The fraction of sp³-hybridized carbons (Fsp3) is 0.600. The smallest absolute Gasteiger partial charge is 0.0425 e. The van der Waals surface area contributed by atoms with Crippen LogP contribution in [0.1, 0.15) is 31.7 Å². The van der Waals surface area contributed by atoms with Crippen LogP contribution in [0.5, 0.6) is 0 Å². The van der Waals surface area contributed by atoms with Crippen LogP contribution in [0.3, 0.4) is 0 Å². The van der Waals surface area contributed by atoms with Gasteiger partial charge in [0.25, 0.3) is 0 Å². The zero-order valence-corrected chi connectivity index (χ0v) is 12.5. The maximum absolute atomic E-state index is 3.62. The second-order valence-electron chi connectivity index (χ2n) is 5.54. The largest absolute Gasteiger partial charge is 0.368 e. The Morgan fingerprint density at radius 2 is 2.28 bits per heavy atom. The zero-order valence-electron chi connectivity index (χ0n) is 11.0. The summed E-state index contributed by atoms with van der Waals surface area (Å²) in [5.74, 6) is 0.945. The molecule has 1 aliphatic heterocycles. The van der Waals surface area contributed by atoms with Crippen molar-refractivity contribution in [3.8, 4) is 0 Å². The molecule has 2 fully saturated rings. The number of fused-ring (bicyclic) bond motifs is 2. The van der Waals surface area contributed by atoms with Gasteiger partial charge in [0.2, 0.25) is 0 Å². The molecule has 0 spiro atoms. The van der Waals surface area contributed by atoms with Crippen molar-refractivity contribution in [2.75, 3.05) is 18.0 Å². The van der Waals surface area contributed by atoms with Gasteiger partial charge in [-0.3, -0.25) is 0 Å². The van der Waals surface area contributed by atoms with Crippen LogP contribution in [0, 0.1) is 5.92 Å². The molecule has 3 heteroatoms. The van der Waals surface area contributed by atoms with Gasteiger partial charge in [0.1, 0.15) is 0 Å². The predicted octanol–water partition coefficient (Wildman–Crippen LogP) is 3.55. The molecule has 1 N–H and O–H groups in total. The molecule has 1 saturated carbocycles. The maximum Gasteiger partial charge on any atom is 0.0425 e. The van der Waals surface area contributed by atoms with E-state index in [4.69, 9.17) is 0 Å². The fourth-order valence-electron chi connectivity index (χ4n) is 3.43. The number of hydrogen-bond acceptors (Lipinski definition) is 2. The highest BCUT2D eigenvalue weighted by atomic mass is 79.9. The number of nitrogens with zero attached hydrogens (tertiary/aromatic N) is 1. The third-order valence-electron chi connectivity index (χ3n) is 4.33. The Balaban J connectivity index is 1.87. The van der Waals surface area contributed by atoms with E-state index in [1.54, 1.807) is 0 Å². The number of halogens is 1. The Kier molecular flexibility index (Phi) is 3.62. The van der Waals surface area contributed by atoms with Crippen LogP contribution >= 0.6 is 15.9 Å². The van der Waals surface area contributed by atoms with Gasteiger partial charge in [-0.2, -0.15) is 0 Å². The lowest BCUT2D eigenvalue weighted by molar-refractivity contribution is 0.551. The van der Waals surface area contributed by atoms with Crippen molar-refractivity contribution in [2.45, 2.75) is 38.8 Å². The van der Waals surface area contributed by atoms with E-state index in [0.717, 1.165) is 25.0 Å². The molecule has 0 radical (unpaired) electrons.